The maximum absolute atomic E-state index is 11.9. The topological polar surface area (TPSA) is 76.7 Å². The molecule has 0 saturated heterocycles. The molecule has 19 heavy (non-hydrogen) atoms. The largest absolute Gasteiger partial charge is 0.382 e. The van der Waals surface area contributed by atoms with E-state index in [-0.39, 0.29) is 6.04 Å². The number of rotatable bonds is 12. The molecular weight excluding hydrogens is 268 g/mol. The van der Waals surface area contributed by atoms with Crippen molar-refractivity contribution in [1.29, 1.82) is 0 Å². The lowest BCUT2D eigenvalue weighted by molar-refractivity contribution is 0.0699. The molecule has 116 valence electrons. The van der Waals surface area contributed by atoms with E-state index >= 15 is 0 Å². The molecule has 0 aromatic carbocycles. The average molecular weight is 296 g/mol. The number of methoxy groups -OCH3 is 1. The van der Waals surface area contributed by atoms with Crippen LogP contribution in [0.1, 0.15) is 27.2 Å². The van der Waals surface area contributed by atoms with Crippen LogP contribution in [-0.2, 0) is 19.5 Å². The van der Waals surface area contributed by atoms with Crippen molar-refractivity contribution in [1.82, 2.24) is 10.0 Å². The highest BCUT2D eigenvalue weighted by molar-refractivity contribution is 7.90. The maximum Gasteiger partial charge on any atom is 0.215 e. The van der Waals surface area contributed by atoms with E-state index in [1.165, 1.54) is 0 Å². The van der Waals surface area contributed by atoms with E-state index in [0.717, 1.165) is 0 Å². The number of hydrogen-bond donors (Lipinski definition) is 2. The van der Waals surface area contributed by atoms with Crippen molar-refractivity contribution in [3.8, 4) is 0 Å². The van der Waals surface area contributed by atoms with Gasteiger partial charge in [0.2, 0.25) is 10.0 Å². The highest BCUT2D eigenvalue weighted by Gasteiger charge is 2.19. The summed E-state index contributed by atoms with van der Waals surface area (Å²) in [6.45, 7) is 8.17. The van der Waals surface area contributed by atoms with Gasteiger partial charge >= 0.3 is 0 Å². The van der Waals surface area contributed by atoms with Gasteiger partial charge < -0.3 is 14.8 Å². The molecule has 6 nitrogen and oxygen atoms in total. The predicted molar refractivity (Wildman–Crippen MR) is 76.8 cm³/mol. The van der Waals surface area contributed by atoms with Gasteiger partial charge in [-0.15, -0.1) is 0 Å². The van der Waals surface area contributed by atoms with Crippen LogP contribution in [0.3, 0.4) is 0 Å². The second-order valence-corrected chi connectivity index (χ2v) is 6.96. The van der Waals surface area contributed by atoms with Crippen LogP contribution >= 0.6 is 0 Å². The summed E-state index contributed by atoms with van der Waals surface area (Å²) in [6.07, 6.45) is 0.660. The first-order chi connectivity index (χ1) is 8.90. The Bertz CT molecular complexity index is 307. The molecule has 1 atom stereocenters. The molecule has 0 aliphatic heterocycles. The van der Waals surface area contributed by atoms with Crippen molar-refractivity contribution in [2.75, 3.05) is 40.0 Å². The molecule has 2 N–H and O–H groups in total. The van der Waals surface area contributed by atoms with Gasteiger partial charge in [-0.3, -0.25) is 0 Å². The van der Waals surface area contributed by atoms with E-state index in [1.54, 1.807) is 14.0 Å². The SMILES string of the molecule is COCCOCCCNS(=O)(=O)C(C)CNC(C)C. The van der Waals surface area contributed by atoms with E-state index in [0.29, 0.717) is 39.3 Å². The summed E-state index contributed by atoms with van der Waals surface area (Å²) in [4.78, 5) is 0. The first kappa shape index (κ1) is 18.8. The standard InChI is InChI=1S/C12H28N2O4S/c1-11(2)13-10-12(3)19(15,16)14-6-5-7-18-9-8-17-4/h11-14H,5-10H2,1-4H3. The maximum atomic E-state index is 11.9. The molecule has 0 amide bonds. The fraction of sp³-hybridized carbons (Fsp3) is 1.00. The molecule has 0 rings (SSSR count). The molecular formula is C12H28N2O4S. The van der Waals surface area contributed by atoms with Crippen molar-refractivity contribution in [3.05, 3.63) is 0 Å². The summed E-state index contributed by atoms with van der Waals surface area (Å²) < 4.78 is 36.4. The quantitative estimate of drug-likeness (QED) is 0.508. The Morgan fingerprint density at radius 2 is 1.79 bits per heavy atom. The summed E-state index contributed by atoms with van der Waals surface area (Å²) in [7, 11) is -1.63. The summed E-state index contributed by atoms with van der Waals surface area (Å²) in [6, 6.07) is 0.284. The normalized spacial score (nSPS) is 13.9. The van der Waals surface area contributed by atoms with Crippen molar-refractivity contribution in [3.63, 3.8) is 0 Å². The minimum absolute atomic E-state index is 0.284. The van der Waals surface area contributed by atoms with Crippen LogP contribution in [0.2, 0.25) is 0 Å². The molecule has 0 aliphatic carbocycles. The number of ether oxygens (including phenoxy) is 2. The van der Waals surface area contributed by atoms with Crippen molar-refractivity contribution < 1.29 is 17.9 Å². The van der Waals surface area contributed by atoms with Gasteiger partial charge in [0.15, 0.2) is 0 Å². The molecule has 7 heteroatoms. The van der Waals surface area contributed by atoms with E-state index in [9.17, 15) is 8.42 Å². The van der Waals surface area contributed by atoms with E-state index in [2.05, 4.69) is 10.0 Å². The van der Waals surface area contributed by atoms with Crippen LogP contribution in [0.4, 0.5) is 0 Å². The highest BCUT2D eigenvalue weighted by atomic mass is 32.2. The summed E-state index contributed by atoms with van der Waals surface area (Å²) in [5, 5.41) is 2.68. The third kappa shape index (κ3) is 10.3. The third-order valence-electron chi connectivity index (χ3n) is 2.54. The third-order valence-corrected chi connectivity index (χ3v) is 4.38. The zero-order valence-electron chi connectivity index (χ0n) is 12.4. The molecule has 0 radical (unpaired) electrons. The minimum Gasteiger partial charge on any atom is -0.382 e. The van der Waals surface area contributed by atoms with Crippen LogP contribution in [0.25, 0.3) is 0 Å². The predicted octanol–water partition coefficient (Wildman–Crippen LogP) is 0.345. The van der Waals surface area contributed by atoms with E-state index < -0.39 is 15.3 Å². The van der Waals surface area contributed by atoms with E-state index in [1.807, 2.05) is 13.8 Å². The Kier molecular flexibility index (Phi) is 10.4. The zero-order valence-corrected chi connectivity index (χ0v) is 13.3. The lowest BCUT2D eigenvalue weighted by atomic mass is 10.3. The van der Waals surface area contributed by atoms with E-state index in [4.69, 9.17) is 9.47 Å². The second kappa shape index (κ2) is 10.6. The molecule has 1 unspecified atom stereocenters. The van der Waals surface area contributed by atoms with Crippen molar-refractivity contribution >= 4 is 10.0 Å². The van der Waals surface area contributed by atoms with Gasteiger partial charge in [-0.2, -0.15) is 0 Å². The van der Waals surface area contributed by atoms with Crippen molar-refractivity contribution in [2.45, 2.75) is 38.5 Å². The summed E-state index contributed by atoms with van der Waals surface area (Å²) in [5.41, 5.74) is 0. The molecule has 0 bridgehead atoms. The smallest absolute Gasteiger partial charge is 0.215 e. The summed E-state index contributed by atoms with van der Waals surface area (Å²) in [5.74, 6) is 0. The number of hydrogen-bond acceptors (Lipinski definition) is 5. The molecule has 0 aromatic heterocycles. The molecule has 0 aromatic rings. The summed E-state index contributed by atoms with van der Waals surface area (Å²) >= 11 is 0. The van der Waals surface area contributed by atoms with Gasteiger partial charge in [0, 0.05) is 32.8 Å². The van der Waals surface area contributed by atoms with Crippen LogP contribution in [-0.4, -0.2) is 59.7 Å². The van der Waals surface area contributed by atoms with Crippen LogP contribution in [0.5, 0.6) is 0 Å². The van der Waals surface area contributed by atoms with Gasteiger partial charge in [0.05, 0.1) is 18.5 Å². The molecule has 0 heterocycles. The van der Waals surface area contributed by atoms with Gasteiger partial charge in [-0.1, -0.05) is 13.8 Å². The molecule has 0 fully saturated rings. The lowest BCUT2D eigenvalue weighted by Crippen LogP contribution is -2.41. The Hall–Kier alpha value is -0.210. The Labute approximate surface area is 117 Å². The lowest BCUT2D eigenvalue weighted by Gasteiger charge is -2.16. The second-order valence-electron chi connectivity index (χ2n) is 4.77. The first-order valence-electron chi connectivity index (χ1n) is 6.68. The minimum atomic E-state index is -3.25. The van der Waals surface area contributed by atoms with Gasteiger partial charge in [-0.25, -0.2) is 13.1 Å². The van der Waals surface area contributed by atoms with Crippen LogP contribution < -0.4 is 10.0 Å². The van der Waals surface area contributed by atoms with Gasteiger partial charge in [0.1, 0.15) is 0 Å². The fourth-order valence-electron chi connectivity index (χ4n) is 1.29. The number of nitrogens with one attached hydrogen (secondary N) is 2. The van der Waals surface area contributed by atoms with Gasteiger partial charge in [0.25, 0.3) is 0 Å². The monoisotopic (exact) mass is 296 g/mol. The Morgan fingerprint density at radius 3 is 2.37 bits per heavy atom. The number of sulfonamides is 1. The zero-order chi connectivity index (χ0) is 14.7. The van der Waals surface area contributed by atoms with Gasteiger partial charge in [-0.05, 0) is 13.3 Å². The highest BCUT2D eigenvalue weighted by Crippen LogP contribution is 1.97. The molecule has 0 spiro atoms. The first-order valence-corrected chi connectivity index (χ1v) is 8.23. The van der Waals surface area contributed by atoms with Crippen LogP contribution in [0.15, 0.2) is 0 Å². The average Bonchev–Trinajstić information content (AvgIpc) is 2.34. The fourth-order valence-corrected chi connectivity index (χ4v) is 2.32. The molecule has 0 saturated carbocycles. The van der Waals surface area contributed by atoms with Crippen molar-refractivity contribution in [2.24, 2.45) is 0 Å². The Balaban J connectivity index is 3.72. The molecule has 0 aliphatic rings. The van der Waals surface area contributed by atoms with Crippen LogP contribution in [0, 0.1) is 0 Å². The Morgan fingerprint density at radius 1 is 1.11 bits per heavy atom.